The maximum atomic E-state index is 5.49. The highest BCUT2D eigenvalue weighted by atomic mass is 14.9. The summed E-state index contributed by atoms with van der Waals surface area (Å²) in [6.45, 7) is 7.71. The summed E-state index contributed by atoms with van der Waals surface area (Å²) >= 11 is 0. The van der Waals surface area contributed by atoms with E-state index >= 15 is 0 Å². The lowest BCUT2D eigenvalue weighted by Crippen LogP contribution is -2.44. The molecule has 92 valence electrons. The number of terminal acetylenes is 1. The molecule has 1 rings (SSSR count). The van der Waals surface area contributed by atoms with Crippen molar-refractivity contribution in [1.29, 1.82) is 0 Å². The van der Waals surface area contributed by atoms with Gasteiger partial charge in [-0.15, -0.1) is 12.3 Å². The minimum absolute atomic E-state index is 0.0583. The molecule has 0 aromatic heterocycles. The summed E-state index contributed by atoms with van der Waals surface area (Å²) in [6.07, 6.45) is 7.38. The van der Waals surface area contributed by atoms with Crippen LogP contribution in [0.3, 0.4) is 0 Å². The molecule has 0 saturated carbocycles. The van der Waals surface area contributed by atoms with Crippen LogP contribution in [-0.4, -0.2) is 12.6 Å². The second kappa shape index (κ2) is 6.47. The largest absolute Gasteiger partial charge is 0.312 e. The lowest BCUT2D eigenvalue weighted by Gasteiger charge is -2.34. The predicted molar refractivity (Wildman–Crippen MR) is 75.0 cm³/mol. The highest BCUT2D eigenvalue weighted by Gasteiger charge is 2.29. The molecule has 1 aromatic rings. The molecule has 0 aliphatic rings. The van der Waals surface area contributed by atoms with Gasteiger partial charge < -0.3 is 5.32 Å². The molecule has 0 spiro atoms. The van der Waals surface area contributed by atoms with E-state index < -0.39 is 0 Å². The molecular weight excluding hydrogens is 206 g/mol. The van der Waals surface area contributed by atoms with Crippen molar-refractivity contribution < 1.29 is 0 Å². The van der Waals surface area contributed by atoms with Crippen molar-refractivity contribution in [3.63, 3.8) is 0 Å². The van der Waals surface area contributed by atoms with Gasteiger partial charge in [0.1, 0.15) is 0 Å². The van der Waals surface area contributed by atoms with Crippen molar-refractivity contribution in [1.82, 2.24) is 5.32 Å². The van der Waals surface area contributed by atoms with Crippen molar-refractivity contribution >= 4 is 0 Å². The second-order valence-electron chi connectivity index (χ2n) is 5.00. The Hall–Kier alpha value is -1.26. The SMILES string of the molecule is C#CCC(NCCC)C(C)(C)c1ccccc1. The lowest BCUT2D eigenvalue weighted by atomic mass is 9.76. The molecule has 1 heteroatoms. The van der Waals surface area contributed by atoms with E-state index in [2.05, 4.69) is 62.3 Å². The van der Waals surface area contributed by atoms with Crippen LogP contribution in [0.1, 0.15) is 39.2 Å². The van der Waals surface area contributed by atoms with Crippen LogP contribution in [0.2, 0.25) is 0 Å². The number of benzene rings is 1. The van der Waals surface area contributed by atoms with E-state index in [0.29, 0.717) is 6.04 Å². The highest BCUT2D eigenvalue weighted by molar-refractivity contribution is 5.26. The van der Waals surface area contributed by atoms with Crippen molar-refractivity contribution in [3.05, 3.63) is 35.9 Å². The molecule has 0 heterocycles. The van der Waals surface area contributed by atoms with Gasteiger partial charge in [-0.3, -0.25) is 0 Å². The Kier molecular flexibility index (Phi) is 5.25. The number of nitrogens with one attached hydrogen (secondary N) is 1. The van der Waals surface area contributed by atoms with E-state index in [4.69, 9.17) is 6.42 Å². The molecule has 0 aliphatic heterocycles. The van der Waals surface area contributed by atoms with Crippen LogP contribution >= 0.6 is 0 Å². The molecule has 0 saturated heterocycles. The van der Waals surface area contributed by atoms with Crippen molar-refractivity contribution in [3.8, 4) is 12.3 Å². The van der Waals surface area contributed by atoms with E-state index in [9.17, 15) is 0 Å². The fraction of sp³-hybridized carbons (Fsp3) is 0.500. The van der Waals surface area contributed by atoms with E-state index in [-0.39, 0.29) is 5.41 Å². The van der Waals surface area contributed by atoms with Crippen LogP contribution in [0, 0.1) is 12.3 Å². The summed E-state index contributed by atoms with van der Waals surface area (Å²) in [4.78, 5) is 0. The molecule has 1 unspecified atom stereocenters. The van der Waals surface area contributed by atoms with E-state index in [0.717, 1.165) is 19.4 Å². The molecule has 0 radical (unpaired) electrons. The third-order valence-electron chi connectivity index (χ3n) is 3.35. The van der Waals surface area contributed by atoms with Crippen LogP contribution in [0.5, 0.6) is 0 Å². The molecule has 0 fully saturated rings. The van der Waals surface area contributed by atoms with Gasteiger partial charge in [-0.1, -0.05) is 51.1 Å². The van der Waals surface area contributed by atoms with Crippen LogP contribution in [0.4, 0.5) is 0 Å². The number of hydrogen-bond donors (Lipinski definition) is 1. The monoisotopic (exact) mass is 229 g/mol. The zero-order valence-corrected chi connectivity index (χ0v) is 11.2. The second-order valence-corrected chi connectivity index (χ2v) is 5.00. The van der Waals surface area contributed by atoms with Gasteiger partial charge in [0, 0.05) is 17.9 Å². The normalized spacial score (nSPS) is 13.1. The Bertz CT molecular complexity index is 359. The van der Waals surface area contributed by atoms with Gasteiger partial charge >= 0.3 is 0 Å². The van der Waals surface area contributed by atoms with Gasteiger partial charge in [-0.25, -0.2) is 0 Å². The van der Waals surface area contributed by atoms with E-state index in [1.165, 1.54) is 5.56 Å². The molecule has 1 nitrogen and oxygen atoms in total. The van der Waals surface area contributed by atoms with Gasteiger partial charge in [0.2, 0.25) is 0 Å². The van der Waals surface area contributed by atoms with Crippen molar-refractivity contribution in [2.75, 3.05) is 6.54 Å². The third kappa shape index (κ3) is 3.61. The standard InChI is InChI=1S/C16H23N/c1-5-10-15(17-13-6-2)16(3,4)14-11-8-7-9-12-14/h1,7-9,11-12,15,17H,6,10,13H2,2-4H3. The first kappa shape index (κ1) is 13.8. The summed E-state index contributed by atoms with van der Waals surface area (Å²) in [5.74, 6) is 2.79. The summed E-state index contributed by atoms with van der Waals surface area (Å²) in [5.41, 5.74) is 1.40. The maximum Gasteiger partial charge on any atom is 0.0268 e. The Labute approximate surface area is 106 Å². The minimum Gasteiger partial charge on any atom is -0.312 e. The van der Waals surface area contributed by atoms with Crippen molar-refractivity contribution in [2.45, 2.75) is 45.1 Å². The van der Waals surface area contributed by atoms with Crippen LogP contribution in [0.15, 0.2) is 30.3 Å². The molecule has 1 atom stereocenters. The zero-order chi connectivity index (χ0) is 12.7. The van der Waals surface area contributed by atoms with Gasteiger partial charge in [0.05, 0.1) is 0 Å². The molecule has 0 amide bonds. The third-order valence-corrected chi connectivity index (χ3v) is 3.35. The topological polar surface area (TPSA) is 12.0 Å². The lowest BCUT2D eigenvalue weighted by molar-refractivity contribution is 0.345. The summed E-state index contributed by atoms with van der Waals surface area (Å²) in [6, 6.07) is 10.9. The molecule has 1 aromatic carbocycles. The van der Waals surface area contributed by atoms with Gasteiger partial charge in [-0.05, 0) is 18.5 Å². The van der Waals surface area contributed by atoms with Gasteiger partial charge in [-0.2, -0.15) is 0 Å². The Balaban J connectivity index is 2.88. The predicted octanol–water partition coefficient (Wildman–Crippen LogP) is 3.36. The Morgan fingerprint density at radius 1 is 1.29 bits per heavy atom. The summed E-state index contributed by atoms with van der Waals surface area (Å²) in [5, 5.41) is 3.57. The zero-order valence-electron chi connectivity index (χ0n) is 11.2. The molecule has 0 aliphatic carbocycles. The van der Waals surface area contributed by atoms with Crippen LogP contribution in [-0.2, 0) is 5.41 Å². The van der Waals surface area contributed by atoms with Crippen molar-refractivity contribution in [2.24, 2.45) is 0 Å². The molecule has 0 bridgehead atoms. The first-order chi connectivity index (χ1) is 8.12. The van der Waals surface area contributed by atoms with Crippen LogP contribution in [0.25, 0.3) is 0 Å². The molecule has 17 heavy (non-hydrogen) atoms. The van der Waals surface area contributed by atoms with Gasteiger partial charge in [0.15, 0.2) is 0 Å². The quantitative estimate of drug-likeness (QED) is 0.738. The van der Waals surface area contributed by atoms with E-state index in [1.54, 1.807) is 0 Å². The average Bonchev–Trinajstić information content (AvgIpc) is 2.35. The summed E-state index contributed by atoms with van der Waals surface area (Å²) in [7, 11) is 0. The first-order valence-corrected chi connectivity index (χ1v) is 6.35. The minimum atomic E-state index is 0.0583. The Morgan fingerprint density at radius 2 is 1.94 bits per heavy atom. The number of hydrogen-bond acceptors (Lipinski definition) is 1. The first-order valence-electron chi connectivity index (χ1n) is 6.35. The fourth-order valence-electron chi connectivity index (χ4n) is 2.09. The van der Waals surface area contributed by atoms with Crippen LogP contribution < -0.4 is 5.32 Å². The fourth-order valence-corrected chi connectivity index (χ4v) is 2.09. The van der Waals surface area contributed by atoms with Gasteiger partial charge in [0.25, 0.3) is 0 Å². The molecule has 1 N–H and O–H groups in total. The average molecular weight is 229 g/mol. The highest BCUT2D eigenvalue weighted by Crippen LogP contribution is 2.28. The summed E-state index contributed by atoms with van der Waals surface area (Å²) < 4.78 is 0. The number of rotatable bonds is 6. The molecular formula is C16H23N. The maximum absolute atomic E-state index is 5.49. The van der Waals surface area contributed by atoms with E-state index in [1.807, 2.05) is 0 Å². The Morgan fingerprint density at radius 3 is 2.47 bits per heavy atom. The smallest absolute Gasteiger partial charge is 0.0268 e.